The quantitative estimate of drug-likeness (QED) is 0.306. The summed E-state index contributed by atoms with van der Waals surface area (Å²) < 4.78 is 32.8. The second-order valence-corrected chi connectivity index (χ2v) is 6.83. The van der Waals surface area contributed by atoms with Gasteiger partial charge in [0, 0.05) is 15.8 Å². The molecule has 0 saturated heterocycles. The van der Waals surface area contributed by atoms with Crippen molar-refractivity contribution in [3.8, 4) is 0 Å². The summed E-state index contributed by atoms with van der Waals surface area (Å²) in [5.74, 6) is 0. The third-order valence-corrected chi connectivity index (χ3v) is 4.51. The number of nitrogens with two attached hydrogens (primary N) is 1. The maximum atomic E-state index is 11.7. The number of hydrogen-bond donors (Lipinski definition) is 2. The first-order chi connectivity index (χ1) is 11.4. The predicted molar refractivity (Wildman–Crippen MR) is 101 cm³/mol. The Kier molecular flexibility index (Phi) is 6.21. The Hall–Kier alpha value is -1.48. The van der Waals surface area contributed by atoms with Gasteiger partial charge in [-0.3, -0.25) is 4.55 Å². The summed E-state index contributed by atoms with van der Waals surface area (Å²) >= 11 is 5.88. The van der Waals surface area contributed by atoms with E-state index < -0.39 is 10.1 Å². The summed E-state index contributed by atoms with van der Waals surface area (Å²) in [6.07, 6.45) is 0. The van der Waals surface area contributed by atoms with E-state index in [1.54, 1.807) is 48.5 Å². The summed E-state index contributed by atoms with van der Waals surface area (Å²) in [5, 5.41) is 9.30. The Labute approximate surface area is 171 Å². The van der Waals surface area contributed by atoms with Gasteiger partial charge in [0.1, 0.15) is 10.6 Å². The molecule has 124 valence electrons. The monoisotopic (exact) mass is 385 g/mol. The number of nitrogen functional groups attached to an aromatic ring is 1. The van der Waals surface area contributed by atoms with Gasteiger partial charge in [0.2, 0.25) is 0 Å². The number of fused-ring (bicyclic) bond motifs is 1. The zero-order valence-corrected chi connectivity index (χ0v) is 13.8. The Morgan fingerprint density at radius 1 is 0.960 bits per heavy atom. The van der Waals surface area contributed by atoms with E-state index in [0.717, 1.165) is 0 Å². The van der Waals surface area contributed by atoms with E-state index >= 15 is 0 Å². The fraction of sp³-hybridized carbons (Fsp3) is 0. The molecule has 0 bridgehead atoms. The van der Waals surface area contributed by atoms with Crippen LogP contribution < -0.4 is 5.73 Å². The van der Waals surface area contributed by atoms with Gasteiger partial charge < -0.3 is 5.73 Å². The number of hydrogen-bond acceptors (Lipinski definition) is 5. The van der Waals surface area contributed by atoms with E-state index in [0.29, 0.717) is 21.5 Å². The molecule has 0 aliphatic carbocycles. The van der Waals surface area contributed by atoms with Crippen LogP contribution in [0.15, 0.2) is 69.7 Å². The van der Waals surface area contributed by atoms with Crippen LogP contribution in [-0.4, -0.2) is 42.5 Å². The van der Waals surface area contributed by atoms with Crippen molar-refractivity contribution in [1.82, 2.24) is 0 Å². The molecule has 3 rings (SSSR count). The van der Waals surface area contributed by atoms with Crippen LogP contribution in [0, 0.1) is 0 Å². The molecule has 0 unspecified atom stereocenters. The minimum absolute atomic E-state index is 0. The van der Waals surface area contributed by atoms with Crippen LogP contribution in [0.1, 0.15) is 0 Å². The Bertz CT molecular complexity index is 1070. The Morgan fingerprint density at radius 2 is 1.64 bits per heavy atom. The van der Waals surface area contributed by atoms with Crippen molar-refractivity contribution in [2.75, 3.05) is 5.73 Å². The molecule has 9 heteroatoms. The van der Waals surface area contributed by atoms with E-state index in [4.69, 9.17) is 17.3 Å². The fourth-order valence-corrected chi connectivity index (χ4v) is 3.20. The van der Waals surface area contributed by atoms with E-state index in [2.05, 4.69) is 10.2 Å². The minimum atomic E-state index is -4.44. The van der Waals surface area contributed by atoms with Crippen LogP contribution in [0.5, 0.6) is 0 Å². The number of anilines is 1. The van der Waals surface area contributed by atoms with Gasteiger partial charge in [0.25, 0.3) is 10.1 Å². The Morgan fingerprint density at radius 3 is 2.28 bits per heavy atom. The van der Waals surface area contributed by atoms with Crippen molar-refractivity contribution in [2.24, 2.45) is 10.2 Å². The van der Waals surface area contributed by atoms with Crippen molar-refractivity contribution in [1.29, 1.82) is 0 Å². The molecule has 3 aromatic carbocycles. The summed E-state index contributed by atoms with van der Waals surface area (Å²) in [6.45, 7) is 0. The standard InChI is InChI=1S/C16H12ClN3O3S.Na.H/c17-10-4-3-5-11(8-10)19-20-14-9-15(24(21,22)23)12-6-1-2-7-13(12)16(14)18;;/h1-9H,18H2,(H,21,22,23);;. The van der Waals surface area contributed by atoms with Gasteiger partial charge in [0.15, 0.2) is 0 Å². The van der Waals surface area contributed by atoms with Crippen LogP contribution in [0.2, 0.25) is 5.02 Å². The van der Waals surface area contributed by atoms with Crippen molar-refractivity contribution in [2.45, 2.75) is 4.90 Å². The molecule has 0 aliphatic rings. The van der Waals surface area contributed by atoms with Gasteiger partial charge in [-0.2, -0.15) is 13.5 Å². The molecular formula is C16H13ClN3NaO3S. The zero-order valence-electron chi connectivity index (χ0n) is 12.2. The van der Waals surface area contributed by atoms with Crippen molar-refractivity contribution >= 4 is 79.1 Å². The summed E-state index contributed by atoms with van der Waals surface area (Å²) in [6, 6.07) is 14.5. The van der Waals surface area contributed by atoms with Gasteiger partial charge in [-0.25, -0.2) is 0 Å². The molecular weight excluding hydrogens is 373 g/mol. The van der Waals surface area contributed by atoms with Gasteiger partial charge in [-0.1, -0.05) is 41.9 Å². The van der Waals surface area contributed by atoms with Crippen molar-refractivity contribution in [3.63, 3.8) is 0 Å². The van der Waals surface area contributed by atoms with Crippen LogP contribution in [0.25, 0.3) is 10.8 Å². The molecule has 0 aliphatic heterocycles. The number of nitrogens with zero attached hydrogens (tertiary/aromatic N) is 2. The van der Waals surface area contributed by atoms with E-state index in [9.17, 15) is 13.0 Å². The molecule has 0 heterocycles. The predicted octanol–water partition coefficient (Wildman–Crippen LogP) is 4.09. The molecule has 6 nitrogen and oxygen atoms in total. The van der Waals surface area contributed by atoms with E-state index in [1.165, 1.54) is 6.07 Å². The van der Waals surface area contributed by atoms with Gasteiger partial charge in [-0.15, -0.1) is 5.11 Å². The van der Waals surface area contributed by atoms with Gasteiger partial charge >= 0.3 is 29.6 Å². The molecule has 3 N–H and O–H groups in total. The van der Waals surface area contributed by atoms with E-state index in [1.807, 2.05) is 0 Å². The molecule has 0 aromatic heterocycles. The van der Waals surface area contributed by atoms with Crippen LogP contribution in [0.3, 0.4) is 0 Å². The molecule has 0 spiro atoms. The first-order valence-corrected chi connectivity index (χ1v) is 8.64. The van der Waals surface area contributed by atoms with Crippen LogP contribution in [-0.2, 0) is 10.1 Å². The van der Waals surface area contributed by atoms with E-state index in [-0.39, 0.29) is 45.8 Å². The molecule has 0 amide bonds. The second-order valence-electron chi connectivity index (χ2n) is 5.01. The average Bonchev–Trinajstić information content (AvgIpc) is 2.53. The summed E-state index contributed by atoms with van der Waals surface area (Å²) in [4.78, 5) is -0.271. The molecule has 3 aromatic rings. The van der Waals surface area contributed by atoms with Gasteiger partial charge in [-0.05, 0) is 24.3 Å². The molecule has 0 atom stereocenters. The first kappa shape index (κ1) is 19.8. The zero-order chi connectivity index (χ0) is 17.3. The maximum absolute atomic E-state index is 11.7. The number of benzene rings is 3. The Balaban J connectivity index is 0.00000225. The van der Waals surface area contributed by atoms with Gasteiger partial charge in [0.05, 0.1) is 11.4 Å². The van der Waals surface area contributed by atoms with Crippen molar-refractivity contribution in [3.05, 3.63) is 59.6 Å². The number of azo groups is 1. The topological polar surface area (TPSA) is 105 Å². The second kappa shape index (κ2) is 7.82. The van der Waals surface area contributed by atoms with Crippen LogP contribution >= 0.6 is 11.6 Å². The third-order valence-electron chi connectivity index (χ3n) is 3.39. The molecule has 0 radical (unpaired) electrons. The van der Waals surface area contributed by atoms with Crippen LogP contribution in [0.4, 0.5) is 17.1 Å². The average molecular weight is 386 g/mol. The fourth-order valence-electron chi connectivity index (χ4n) is 2.30. The molecule has 0 fully saturated rings. The van der Waals surface area contributed by atoms with Crippen molar-refractivity contribution < 1.29 is 13.0 Å². The normalized spacial score (nSPS) is 11.6. The first-order valence-electron chi connectivity index (χ1n) is 6.82. The number of rotatable bonds is 3. The molecule has 0 saturated carbocycles. The summed E-state index contributed by atoms with van der Waals surface area (Å²) in [7, 11) is -4.44. The number of halogens is 1. The third kappa shape index (κ3) is 4.38. The molecule has 25 heavy (non-hydrogen) atoms. The SMILES string of the molecule is Nc1c(N=Nc2cccc(Cl)c2)cc(S(=O)(=O)O)c2ccccc12.[NaH]. The summed E-state index contributed by atoms with van der Waals surface area (Å²) in [5.41, 5.74) is 6.97.